The largest absolute Gasteiger partial charge is 0.495 e. The predicted molar refractivity (Wildman–Crippen MR) is 87.5 cm³/mol. The Hall–Kier alpha value is -2.44. The van der Waals surface area contributed by atoms with Crippen LogP contribution in [0.4, 0.5) is 5.69 Å². The van der Waals surface area contributed by atoms with Crippen LogP contribution in [0.25, 0.3) is 0 Å². The lowest BCUT2D eigenvalue weighted by molar-refractivity contribution is 0.415. The van der Waals surface area contributed by atoms with Crippen molar-refractivity contribution in [1.29, 1.82) is 0 Å². The first-order valence-electron chi connectivity index (χ1n) is 6.86. The fraction of sp³-hybridized carbons (Fsp3) is 0.222. The molecule has 0 saturated carbocycles. The molecule has 0 aliphatic carbocycles. The van der Waals surface area contributed by atoms with Crippen LogP contribution >= 0.6 is 0 Å². The van der Waals surface area contributed by atoms with E-state index in [9.17, 15) is 0 Å². The number of hydrogen-bond acceptors (Lipinski definition) is 3. The van der Waals surface area contributed by atoms with Crippen molar-refractivity contribution in [3.05, 3.63) is 59.7 Å². The lowest BCUT2D eigenvalue weighted by atomic mass is 10.1. The maximum atomic E-state index is 5.41. The molecular weight excluding hydrogens is 260 g/mol. The van der Waals surface area contributed by atoms with Crippen LogP contribution in [0, 0.1) is 11.8 Å². The molecule has 0 fully saturated rings. The molecule has 0 spiro atoms. The maximum absolute atomic E-state index is 5.41. The highest BCUT2D eigenvalue weighted by Gasteiger charge is 2.07. The van der Waals surface area contributed by atoms with E-state index in [-0.39, 0.29) is 0 Å². The van der Waals surface area contributed by atoms with Crippen LogP contribution < -0.4 is 15.4 Å². The SMILES string of the molecule is COc1ccccc1N(C)Cc1cccc(C#CCN)c1. The zero-order chi connectivity index (χ0) is 15.1. The normalized spacial score (nSPS) is 9.67. The van der Waals surface area contributed by atoms with Gasteiger partial charge in [0.2, 0.25) is 0 Å². The Balaban J connectivity index is 2.17. The first kappa shape index (κ1) is 15.0. The molecule has 0 radical (unpaired) electrons. The Morgan fingerprint density at radius 2 is 1.95 bits per heavy atom. The summed E-state index contributed by atoms with van der Waals surface area (Å²) in [5, 5.41) is 0. The quantitative estimate of drug-likeness (QED) is 0.875. The van der Waals surface area contributed by atoms with Crippen molar-refractivity contribution in [2.45, 2.75) is 6.54 Å². The number of nitrogens with two attached hydrogens (primary N) is 1. The molecule has 2 aromatic rings. The number of rotatable bonds is 4. The summed E-state index contributed by atoms with van der Waals surface area (Å²) < 4.78 is 5.40. The van der Waals surface area contributed by atoms with E-state index in [2.05, 4.69) is 42.0 Å². The summed E-state index contributed by atoms with van der Waals surface area (Å²) in [6.07, 6.45) is 0. The van der Waals surface area contributed by atoms with Gasteiger partial charge in [0, 0.05) is 19.2 Å². The molecule has 0 heterocycles. The van der Waals surface area contributed by atoms with E-state index >= 15 is 0 Å². The second kappa shape index (κ2) is 7.37. The second-order valence-electron chi connectivity index (χ2n) is 4.73. The van der Waals surface area contributed by atoms with Crippen LogP contribution in [0.3, 0.4) is 0 Å². The molecule has 0 bridgehead atoms. The number of ether oxygens (including phenoxy) is 1. The topological polar surface area (TPSA) is 38.5 Å². The molecule has 2 N–H and O–H groups in total. The van der Waals surface area contributed by atoms with Crippen LogP contribution in [0.5, 0.6) is 5.75 Å². The lowest BCUT2D eigenvalue weighted by Crippen LogP contribution is -2.17. The van der Waals surface area contributed by atoms with Gasteiger partial charge in [-0.05, 0) is 29.8 Å². The van der Waals surface area contributed by atoms with Gasteiger partial charge in [0.15, 0.2) is 0 Å². The summed E-state index contributed by atoms with van der Waals surface area (Å²) in [5.74, 6) is 6.82. The Morgan fingerprint density at radius 1 is 1.14 bits per heavy atom. The number of para-hydroxylation sites is 2. The highest BCUT2D eigenvalue weighted by Crippen LogP contribution is 2.27. The molecule has 21 heavy (non-hydrogen) atoms. The number of anilines is 1. The highest BCUT2D eigenvalue weighted by molar-refractivity contribution is 5.58. The van der Waals surface area contributed by atoms with E-state index in [0.29, 0.717) is 6.54 Å². The molecule has 0 atom stereocenters. The fourth-order valence-corrected chi connectivity index (χ4v) is 2.20. The molecule has 0 aliphatic heterocycles. The number of hydrogen-bond donors (Lipinski definition) is 1. The molecular formula is C18H20N2O. The van der Waals surface area contributed by atoms with Gasteiger partial charge < -0.3 is 15.4 Å². The minimum atomic E-state index is 0.380. The summed E-state index contributed by atoms with van der Waals surface area (Å²) in [7, 11) is 3.74. The van der Waals surface area contributed by atoms with E-state index in [0.717, 1.165) is 23.5 Å². The van der Waals surface area contributed by atoms with Gasteiger partial charge in [-0.25, -0.2) is 0 Å². The molecule has 3 nitrogen and oxygen atoms in total. The Bertz CT molecular complexity index is 656. The van der Waals surface area contributed by atoms with E-state index in [4.69, 9.17) is 10.5 Å². The molecule has 3 heteroatoms. The van der Waals surface area contributed by atoms with E-state index < -0.39 is 0 Å². The van der Waals surface area contributed by atoms with E-state index in [1.54, 1.807) is 7.11 Å². The molecule has 0 amide bonds. The summed E-state index contributed by atoms with van der Waals surface area (Å²) in [6.45, 7) is 1.17. The third kappa shape index (κ3) is 4.01. The first-order chi connectivity index (χ1) is 10.2. The summed E-state index contributed by atoms with van der Waals surface area (Å²) in [4.78, 5) is 2.16. The fourth-order valence-electron chi connectivity index (χ4n) is 2.20. The Kier molecular flexibility index (Phi) is 5.25. The molecule has 108 valence electrons. The predicted octanol–water partition coefficient (Wildman–Crippen LogP) is 2.64. The number of nitrogens with zero attached hydrogens (tertiary/aromatic N) is 1. The van der Waals surface area contributed by atoms with Crippen molar-refractivity contribution in [2.75, 3.05) is 25.6 Å². The van der Waals surface area contributed by atoms with Gasteiger partial charge in [0.05, 0.1) is 19.3 Å². The van der Waals surface area contributed by atoms with Crippen LogP contribution in [0.1, 0.15) is 11.1 Å². The van der Waals surface area contributed by atoms with Crippen molar-refractivity contribution in [3.8, 4) is 17.6 Å². The zero-order valence-electron chi connectivity index (χ0n) is 12.5. The van der Waals surface area contributed by atoms with Crippen LogP contribution in [0.2, 0.25) is 0 Å². The Labute approximate surface area is 126 Å². The van der Waals surface area contributed by atoms with Crippen LogP contribution in [0.15, 0.2) is 48.5 Å². The summed E-state index contributed by atoms with van der Waals surface area (Å²) in [5.41, 5.74) is 8.67. The summed E-state index contributed by atoms with van der Waals surface area (Å²) >= 11 is 0. The third-order valence-electron chi connectivity index (χ3n) is 3.18. The van der Waals surface area contributed by atoms with Gasteiger partial charge in [-0.1, -0.05) is 36.1 Å². The number of methoxy groups -OCH3 is 1. The van der Waals surface area contributed by atoms with E-state index in [1.165, 1.54) is 5.56 Å². The van der Waals surface area contributed by atoms with Gasteiger partial charge in [-0.3, -0.25) is 0 Å². The second-order valence-corrected chi connectivity index (χ2v) is 4.73. The first-order valence-corrected chi connectivity index (χ1v) is 6.86. The maximum Gasteiger partial charge on any atom is 0.142 e. The minimum Gasteiger partial charge on any atom is -0.495 e. The smallest absolute Gasteiger partial charge is 0.142 e. The third-order valence-corrected chi connectivity index (χ3v) is 3.18. The highest BCUT2D eigenvalue weighted by atomic mass is 16.5. The van der Waals surface area contributed by atoms with Crippen molar-refractivity contribution >= 4 is 5.69 Å². The molecule has 2 aromatic carbocycles. The Morgan fingerprint density at radius 3 is 2.71 bits per heavy atom. The lowest BCUT2D eigenvalue weighted by Gasteiger charge is -2.21. The van der Waals surface area contributed by atoms with Crippen molar-refractivity contribution in [3.63, 3.8) is 0 Å². The van der Waals surface area contributed by atoms with Gasteiger partial charge in [0.25, 0.3) is 0 Å². The van der Waals surface area contributed by atoms with Crippen molar-refractivity contribution < 1.29 is 4.74 Å². The van der Waals surface area contributed by atoms with Crippen molar-refractivity contribution in [1.82, 2.24) is 0 Å². The average Bonchev–Trinajstić information content (AvgIpc) is 2.53. The van der Waals surface area contributed by atoms with Crippen LogP contribution in [-0.4, -0.2) is 20.7 Å². The zero-order valence-corrected chi connectivity index (χ0v) is 12.5. The van der Waals surface area contributed by atoms with E-state index in [1.807, 2.05) is 30.3 Å². The standard InChI is InChI=1S/C18H20N2O/c1-20(17-10-3-4-11-18(17)21-2)14-16-8-5-7-15(13-16)9-6-12-19/h3-5,7-8,10-11,13H,12,14,19H2,1-2H3. The monoisotopic (exact) mass is 280 g/mol. The molecule has 0 aromatic heterocycles. The van der Waals surface area contributed by atoms with Crippen molar-refractivity contribution in [2.24, 2.45) is 5.73 Å². The van der Waals surface area contributed by atoms with Crippen LogP contribution in [-0.2, 0) is 6.54 Å². The van der Waals surface area contributed by atoms with Gasteiger partial charge in [-0.15, -0.1) is 0 Å². The van der Waals surface area contributed by atoms with Gasteiger partial charge in [0.1, 0.15) is 5.75 Å². The molecule has 0 saturated heterocycles. The molecule has 0 aliphatic rings. The summed E-state index contributed by atoms with van der Waals surface area (Å²) in [6, 6.07) is 16.2. The van der Waals surface area contributed by atoms with Gasteiger partial charge in [-0.2, -0.15) is 0 Å². The number of benzene rings is 2. The molecule has 0 unspecified atom stereocenters. The minimum absolute atomic E-state index is 0.380. The van der Waals surface area contributed by atoms with Gasteiger partial charge >= 0.3 is 0 Å². The average molecular weight is 280 g/mol. The molecule has 2 rings (SSSR count).